The van der Waals surface area contributed by atoms with E-state index in [4.69, 9.17) is 4.74 Å². The van der Waals surface area contributed by atoms with Gasteiger partial charge >= 0.3 is 0 Å². The summed E-state index contributed by atoms with van der Waals surface area (Å²) in [5.41, 5.74) is 0. The number of Topliss-reactive ketones (excluding diaryl/α,β-unsaturated/α-hetero) is 1. The van der Waals surface area contributed by atoms with Crippen molar-refractivity contribution >= 4 is 5.78 Å². The van der Waals surface area contributed by atoms with Crippen molar-refractivity contribution in [2.24, 2.45) is 0 Å². The molecule has 3 heteroatoms. The molecule has 0 N–H and O–H groups in total. The molecule has 0 aromatic carbocycles. The first-order chi connectivity index (χ1) is 5.16. The summed E-state index contributed by atoms with van der Waals surface area (Å²) < 4.78 is 5.04. The van der Waals surface area contributed by atoms with Crippen LogP contribution in [0.3, 0.4) is 0 Å². The molecule has 1 rings (SSSR count). The van der Waals surface area contributed by atoms with E-state index in [0.717, 1.165) is 6.42 Å². The van der Waals surface area contributed by atoms with Crippen LogP contribution in [0.5, 0.6) is 0 Å². The van der Waals surface area contributed by atoms with Crippen LogP contribution in [0.15, 0.2) is 11.5 Å². The topological polar surface area (TPSA) is 49.4 Å². The second-order valence-corrected chi connectivity index (χ2v) is 2.64. The van der Waals surface area contributed by atoms with Crippen LogP contribution >= 0.6 is 0 Å². The molecule has 1 aliphatic rings. The highest BCUT2D eigenvalue weighted by Gasteiger charge is 2.25. The third-order valence-electron chi connectivity index (χ3n) is 1.71. The van der Waals surface area contributed by atoms with Gasteiger partial charge in [-0.1, -0.05) is 13.3 Å². The Bertz CT molecular complexity index is 205. The molecule has 1 unspecified atom stereocenters. The molecule has 1 heterocycles. The lowest BCUT2D eigenvalue weighted by Crippen LogP contribution is -2.22. The van der Waals surface area contributed by atoms with Crippen LogP contribution in [-0.4, -0.2) is 11.9 Å². The Kier molecular flexibility index (Phi) is 2.17. The SMILES string of the molecule is CCCC1OC(C)=C([O-])C1=O. The van der Waals surface area contributed by atoms with E-state index in [2.05, 4.69) is 0 Å². The number of rotatable bonds is 2. The van der Waals surface area contributed by atoms with Gasteiger partial charge in [0.05, 0.1) is 5.76 Å². The zero-order chi connectivity index (χ0) is 8.43. The minimum absolute atomic E-state index is 0.244. The molecule has 0 spiro atoms. The Balaban J connectivity index is 2.63. The predicted molar refractivity (Wildman–Crippen MR) is 37.5 cm³/mol. The average molecular weight is 155 g/mol. The van der Waals surface area contributed by atoms with Gasteiger partial charge < -0.3 is 9.84 Å². The highest BCUT2D eigenvalue weighted by Crippen LogP contribution is 2.20. The van der Waals surface area contributed by atoms with Crippen molar-refractivity contribution in [1.82, 2.24) is 0 Å². The largest absolute Gasteiger partial charge is 0.868 e. The van der Waals surface area contributed by atoms with E-state index in [1.165, 1.54) is 6.92 Å². The third kappa shape index (κ3) is 1.37. The Morgan fingerprint density at radius 3 is 2.64 bits per heavy atom. The van der Waals surface area contributed by atoms with E-state index < -0.39 is 11.9 Å². The highest BCUT2D eigenvalue weighted by molar-refractivity contribution is 5.98. The van der Waals surface area contributed by atoms with E-state index >= 15 is 0 Å². The van der Waals surface area contributed by atoms with Gasteiger partial charge in [0, 0.05) is 0 Å². The van der Waals surface area contributed by atoms with Gasteiger partial charge in [0.2, 0.25) is 0 Å². The zero-order valence-corrected chi connectivity index (χ0v) is 6.72. The molecular formula is C8H11O3-. The van der Waals surface area contributed by atoms with Gasteiger partial charge in [-0.15, -0.1) is 0 Å². The maximum Gasteiger partial charge on any atom is 0.191 e. The molecule has 0 bridgehead atoms. The highest BCUT2D eigenvalue weighted by atomic mass is 16.5. The van der Waals surface area contributed by atoms with E-state index in [-0.39, 0.29) is 11.5 Å². The summed E-state index contributed by atoms with van der Waals surface area (Å²) in [5, 5.41) is 10.9. The van der Waals surface area contributed by atoms with Crippen molar-refractivity contribution in [2.45, 2.75) is 32.8 Å². The third-order valence-corrected chi connectivity index (χ3v) is 1.71. The van der Waals surface area contributed by atoms with Gasteiger partial charge in [-0.05, 0) is 19.1 Å². The molecule has 0 saturated carbocycles. The van der Waals surface area contributed by atoms with Gasteiger partial charge in [0.15, 0.2) is 11.9 Å². The van der Waals surface area contributed by atoms with Crippen LogP contribution in [0.2, 0.25) is 0 Å². The second-order valence-electron chi connectivity index (χ2n) is 2.64. The van der Waals surface area contributed by atoms with Crippen molar-refractivity contribution in [3.05, 3.63) is 11.5 Å². The fraction of sp³-hybridized carbons (Fsp3) is 0.625. The Morgan fingerprint density at radius 1 is 1.64 bits per heavy atom. The van der Waals surface area contributed by atoms with E-state index in [1.54, 1.807) is 0 Å². The fourth-order valence-corrected chi connectivity index (χ4v) is 1.09. The summed E-state index contributed by atoms with van der Waals surface area (Å²) in [5.74, 6) is -0.596. The van der Waals surface area contributed by atoms with Crippen molar-refractivity contribution in [3.8, 4) is 0 Å². The molecule has 1 aliphatic heterocycles. The number of hydrogen-bond donors (Lipinski definition) is 0. The Hall–Kier alpha value is -0.990. The summed E-state index contributed by atoms with van der Waals surface area (Å²) in [6.45, 7) is 3.49. The lowest BCUT2D eigenvalue weighted by molar-refractivity contribution is -0.299. The summed E-state index contributed by atoms with van der Waals surface area (Å²) >= 11 is 0. The smallest absolute Gasteiger partial charge is 0.191 e. The molecule has 62 valence electrons. The molecule has 0 aromatic rings. The normalized spacial score (nSPS) is 24.2. The van der Waals surface area contributed by atoms with Crippen LogP contribution in [0.25, 0.3) is 0 Å². The number of ketones is 1. The first kappa shape index (κ1) is 8.11. The van der Waals surface area contributed by atoms with Crippen molar-refractivity contribution in [3.63, 3.8) is 0 Å². The Morgan fingerprint density at radius 2 is 2.27 bits per heavy atom. The predicted octanol–water partition coefficient (Wildman–Crippen LogP) is 0.346. The summed E-state index contributed by atoms with van der Waals surface area (Å²) in [6.07, 6.45) is 1.01. The standard InChI is InChI=1S/C8H12O3/c1-3-4-6-8(10)7(9)5(2)11-6/h6,9H,3-4H2,1-2H3/p-1. The molecule has 0 saturated heterocycles. The van der Waals surface area contributed by atoms with Crippen molar-refractivity contribution < 1.29 is 14.6 Å². The lowest BCUT2D eigenvalue weighted by Gasteiger charge is -2.08. The van der Waals surface area contributed by atoms with Gasteiger partial charge in [-0.2, -0.15) is 0 Å². The van der Waals surface area contributed by atoms with E-state index in [9.17, 15) is 9.90 Å². The van der Waals surface area contributed by atoms with Crippen LogP contribution < -0.4 is 5.11 Å². The maximum atomic E-state index is 11.0. The quantitative estimate of drug-likeness (QED) is 0.578. The van der Waals surface area contributed by atoms with Crippen molar-refractivity contribution in [2.75, 3.05) is 0 Å². The minimum atomic E-state index is -0.493. The molecule has 0 radical (unpaired) electrons. The van der Waals surface area contributed by atoms with Gasteiger partial charge in [0.25, 0.3) is 0 Å². The number of carbonyl (C=O) groups excluding carboxylic acids is 1. The fourth-order valence-electron chi connectivity index (χ4n) is 1.09. The number of allylic oxidation sites excluding steroid dienone is 1. The summed E-state index contributed by atoms with van der Waals surface area (Å²) in [6, 6.07) is 0. The second kappa shape index (κ2) is 2.95. The number of hydrogen-bond acceptors (Lipinski definition) is 3. The van der Waals surface area contributed by atoms with Gasteiger partial charge in [-0.25, -0.2) is 0 Å². The average Bonchev–Trinajstić information content (AvgIpc) is 2.19. The maximum absolute atomic E-state index is 11.0. The zero-order valence-electron chi connectivity index (χ0n) is 6.72. The van der Waals surface area contributed by atoms with Crippen LogP contribution in [0.4, 0.5) is 0 Å². The van der Waals surface area contributed by atoms with Crippen LogP contribution in [0, 0.1) is 0 Å². The molecule has 1 atom stereocenters. The lowest BCUT2D eigenvalue weighted by atomic mass is 10.1. The van der Waals surface area contributed by atoms with E-state index in [0.29, 0.717) is 6.42 Å². The molecule has 0 amide bonds. The van der Waals surface area contributed by atoms with Crippen LogP contribution in [0.1, 0.15) is 26.7 Å². The van der Waals surface area contributed by atoms with E-state index in [1.807, 2.05) is 6.92 Å². The molecule has 0 fully saturated rings. The van der Waals surface area contributed by atoms with Crippen molar-refractivity contribution in [1.29, 1.82) is 0 Å². The first-order valence-corrected chi connectivity index (χ1v) is 3.75. The molecular weight excluding hydrogens is 144 g/mol. The minimum Gasteiger partial charge on any atom is -0.868 e. The molecule has 0 aliphatic carbocycles. The number of carbonyl (C=O) groups is 1. The number of ether oxygens (including phenoxy) is 1. The van der Waals surface area contributed by atoms with Gasteiger partial charge in [-0.3, -0.25) is 4.79 Å². The summed E-state index contributed by atoms with van der Waals surface area (Å²) in [4.78, 5) is 11.0. The molecule has 11 heavy (non-hydrogen) atoms. The molecule has 3 nitrogen and oxygen atoms in total. The monoisotopic (exact) mass is 155 g/mol. The first-order valence-electron chi connectivity index (χ1n) is 3.75. The van der Waals surface area contributed by atoms with Gasteiger partial charge in [0.1, 0.15) is 0 Å². The van der Waals surface area contributed by atoms with Crippen LogP contribution in [-0.2, 0) is 9.53 Å². The molecule has 0 aromatic heterocycles. The Labute approximate surface area is 65.7 Å². The summed E-state index contributed by atoms with van der Waals surface area (Å²) in [7, 11) is 0.